The minimum absolute atomic E-state index is 0.0317. The van der Waals surface area contributed by atoms with Crippen molar-refractivity contribution in [3.8, 4) is 11.4 Å². The van der Waals surface area contributed by atoms with Gasteiger partial charge in [-0.1, -0.05) is 19.9 Å². The summed E-state index contributed by atoms with van der Waals surface area (Å²) in [7, 11) is 1.87. The lowest BCUT2D eigenvalue weighted by atomic mass is 9.76. The number of hydrogen-bond donors (Lipinski definition) is 1. The standard InChI is InChI=1S/C30H41N5O3/c1-20(34-12-15-37-16-13-34)29(36)33(4)22-9-8-21-17-25(31-24(21)18-22)28-23-10-11-30(2,3)19-26(23)35(32-28)27-7-5-6-14-38-27/h8-9,17-18,20,27,31H,5-7,10-16,19H2,1-4H3/t20-,27?/m0/s1. The number of nitrogens with one attached hydrogen (secondary N) is 1. The molecule has 8 nitrogen and oxygen atoms in total. The number of carbonyl (C=O) groups excluding carboxylic acids is 1. The zero-order valence-corrected chi connectivity index (χ0v) is 23.3. The van der Waals surface area contributed by atoms with Gasteiger partial charge in [0, 0.05) is 54.6 Å². The maximum Gasteiger partial charge on any atom is 0.243 e. The van der Waals surface area contributed by atoms with E-state index < -0.39 is 0 Å². The summed E-state index contributed by atoms with van der Waals surface area (Å²) in [4.78, 5) is 20.9. The van der Waals surface area contributed by atoms with Crippen LogP contribution in [0.3, 0.4) is 0 Å². The number of benzene rings is 1. The van der Waals surface area contributed by atoms with Crippen LogP contribution in [0.2, 0.25) is 0 Å². The molecule has 1 aromatic carbocycles. The van der Waals surface area contributed by atoms with Crippen molar-refractivity contribution < 1.29 is 14.3 Å². The maximum atomic E-state index is 13.3. The van der Waals surface area contributed by atoms with E-state index >= 15 is 0 Å². The molecule has 2 aromatic heterocycles. The van der Waals surface area contributed by atoms with Crippen LogP contribution < -0.4 is 4.90 Å². The number of likely N-dealkylation sites (N-methyl/N-ethyl adjacent to an activating group) is 1. The van der Waals surface area contributed by atoms with E-state index in [4.69, 9.17) is 14.6 Å². The molecule has 6 rings (SSSR count). The second-order valence-corrected chi connectivity index (χ2v) is 12.1. The van der Waals surface area contributed by atoms with Crippen LogP contribution in [-0.4, -0.2) is 71.6 Å². The molecular formula is C30H41N5O3. The molecular weight excluding hydrogens is 478 g/mol. The summed E-state index contributed by atoms with van der Waals surface area (Å²) in [6.45, 7) is 10.5. The number of hydrogen-bond acceptors (Lipinski definition) is 5. The number of rotatable bonds is 5. The van der Waals surface area contributed by atoms with E-state index in [9.17, 15) is 4.79 Å². The highest BCUT2D eigenvalue weighted by Gasteiger charge is 2.34. The minimum Gasteiger partial charge on any atom is -0.379 e. The third-order valence-corrected chi connectivity index (χ3v) is 8.77. The van der Waals surface area contributed by atoms with Gasteiger partial charge in [0.05, 0.1) is 24.9 Å². The van der Waals surface area contributed by atoms with E-state index in [1.54, 1.807) is 4.90 Å². The van der Waals surface area contributed by atoms with Crippen molar-refractivity contribution in [2.24, 2.45) is 5.41 Å². The van der Waals surface area contributed by atoms with Crippen molar-refractivity contribution in [3.63, 3.8) is 0 Å². The molecule has 38 heavy (non-hydrogen) atoms. The van der Waals surface area contributed by atoms with Crippen molar-refractivity contribution in [1.82, 2.24) is 19.7 Å². The van der Waals surface area contributed by atoms with Crippen molar-refractivity contribution in [2.75, 3.05) is 44.9 Å². The topological polar surface area (TPSA) is 75.6 Å². The number of aromatic amines is 1. The number of H-pyrrole nitrogens is 1. The van der Waals surface area contributed by atoms with Crippen LogP contribution in [-0.2, 0) is 27.1 Å². The van der Waals surface area contributed by atoms with Crippen LogP contribution in [0, 0.1) is 5.41 Å². The summed E-state index contributed by atoms with van der Waals surface area (Å²) < 4.78 is 13.8. The van der Waals surface area contributed by atoms with Crippen LogP contribution >= 0.6 is 0 Å². The number of ether oxygens (including phenoxy) is 2. The van der Waals surface area contributed by atoms with Gasteiger partial charge in [-0.25, -0.2) is 4.68 Å². The number of carbonyl (C=O) groups is 1. The molecule has 0 bridgehead atoms. The molecule has 2 fully saturated rings. The van der Waals surface area contributed by atoms with Gasteiger partial charge in [-0.2, -0.15) is 5.10 Å². The second-order valence-electron chi connectivity index (χ2n) is 12.1. The first kappa shape index (κ1) is 25.6. The normalized spacial score (nSPS) is 22.8. The van der Waals surface area contributed by atoms with Gasteiger partial charge >= 0.3 is 0 Å². The van der Waals surface area contributed by atoms with Gasteiger partial charge < -0.3 is 19.4 Å². The highest BCUT2D eigenvalue weighted by molar-refractivity contribution is 5.98. The first-order valence-corrected chi connectivity index (χ1v) is 14.3. The van der Waals surface area contributed by atoms with E-state index in [0.717, 1.165) is 79.8 Å². The molecule has 4 heterocycles. The summed E-state index contributed by atoms with van der Waals surface area (Å²) in [6.07, 6.45) is 6.57. The molecule has 204 valence electrons. The monoisotopic (exact) mass is 519 g/mol. The van der Waals surface area contributed by atoms with Crippen LogP contribution in [0.1, 0.15) is 63.9 Å². The highest BCUT2D eigenvalue weighted by atomic mass is 16.5. The summed E-state index contributed by atoms with van der Waals surface area (Å²) in [5.41, 5.74) is 6.96. The first-order chi connectivity index (χ1) is 18.3. The minimum atomic E-state index is -0.180. The van der Waals surface area contributed by atoms with Crippen LogP contribution in [0.25, 0.3) is 22.3 Å². The maximum absolute atomic E-state index is 13.3. The molecule has 2 aliphatic heterocycles. The van der Waals surface area contributed by atoms with Gasteiger partial charge in [-0.3, -0.25) is 9.69 Å². The molecule has 1 unspecified atom stereocenters. The fourth-order valence-electron chi connectivity index (χ4n) is 6.31. The Morgan fingerprint density at radius 1 is 1.18 bits per heavy atom. The summed E-state index contributed by atoms with van der Waals surface area (Å²) in [6, 6.07) is 8.24. The highest BCUT2D eigenvalue weighted by Crippen LogP contribution is 2.41. The SMILES string of the molecule is C[C@@H](C(=O)N(C)c1ccc2cc(-c3nn(C4CCCCO4)c4c3CCC(C)(C)C4)[nH]c2c1)N1CCOCC1. The number of aromatic nitrogens is 3. The molecule has 1 N–H and O–H groups in total. The zero-order valence-electron chi connectivity index (χ0n) is 23.3. The molecule has 0 saturated carbocycles. The Bertz CT molecular complexity index is 1310. The Hall–Kier alpha value is -2.68. The molecule has 1 amide bonds. The molecule has 2 saturated heterocycles. The Morgan fingerprint density at radius 2 is 2.00 bits per heavy atom. The van der Waals surface area contributed by atoms with Crippen LogP contribution in [0.5, 0.6) is 0 Å². The van der Waals surface area contributed by atoms with Crippen molar-refractivity contribution in [2.45, 2.75) is 71.6 Å². The predicted molar refractivity (Wildman–Crippen MR) is 149 cm³/mol. The Balaban J connectivity index is 1.30. The van der Waals surface area contributed by atoms with Crippen molar-refractivity contribution >= 4 is 22.5 Å². The van der Waals surface area contributed by atoms with Crippen LogP contribution in [0.4, 0.5) is 5.69 Å². The number of morpholine rings is 1. The molecule has 0 spiro atoms. The molecule has 2 atom stereocenters. The zero-order chi connectivity index (χ0) is 26.4. The second kappa shape index (κ2) is 10.1. The van der Waals surface area contributed by atoms with E-state index in [1.165, 1.54) is 17.7 Å². The van der Waals surface area contributed by atoms with Gasteiger partial charge in [0.15, 0.2) is 0 Å². The average molecular weight is 520 g/mol. The van der Waals surface area contributed by atoms with E-state index in [-0.39, 0.29) is 23.6 Å². The quantitative estimate of drug-likeness (QED) is 0.517. The van der Waals surface area contributed by atoms with Gasteiger partial charge in [0.1, 0.15) is 11.9 Å². The average Bonchev–Trinajstić information content (AvgIpc) is 3.52. The smallest absolute Gasteiger partial charge is 0.243 e. The van der Waals surface area contributed by atoms with E-state index in [0.29, 0.717) is 13.2 Å². The molecule has 3 aromatic rings. The van der Waals surface area contributed by atoms with Gasteiger partial charge in [-0.15, -0.1) is 0 Å². The number of fused-ring (bicyclic) bond motifs is 2. The summed E-state index contributed by atoms with van der Waals surface area (Å²) in [5.74, 6) is 0.0981. The molecule has 8 heteroatoms. The first-order valence-electron chi connectivity index (χ1n) is 14.3. The van der Waals surface area contributed by atoms with E-state index in [2.05, 4.69) is 46.6 Å². The third kappa shape index (κ3) is 4.78. The number of anilines is 1. The predicted octanol–water partition coefficient (Wildman–Crippen LogP) is 4.93. The van der Waals surface area contributed by atoms with Crippen molar-refractivity contribution in [1.29, 1.82) is 0 Å². The van der Waals surface area contributed by atoms with Crippen molar-refractivity contribution in [3.05, 3.63) is 35.5 Å². The Morgan fingerprint density at radius 3 is 2.76 bits per heavy atom. The van der Waals surface area contributed by atoms with Gasteiger partial charge in [0.2, 0.25) is 5.91 Å². The molecule has 1 aliphatic carbocycles. The number of nitrogens with zero attached hydrogens (tertiary/aromatic N) is 4. The fourth-order valence-corrected chi connectivity index (χ4v) is 6.31. The van der Waals surface area contributed by atoms with Crippen LogP contribution in [0.15, 0.2) is 24.3 Å². The van der Waals surface area contributed by atoms with Gasteiger partial charge in [-0.05, 0) is 69.1 Å². The molecule has 3 aliphatic rings. The third-order valence-electron chi connectivity index (χ3n) is 8.77. The summed E-state index contributed by atoms with van der Waals surface area (Å²) >= 11 is 0. The number of amides is 1. The van der Waals surface area contributed by atoms with E-state index in [1.807, 2.05) is 20.0 Å². The lowest BCUT2D eigenvalue weighted by molar-refractivity contribution is -0.124. The lowest BCUT2D eigenvalue weighted by Gasteiger charge is -2.33. The molecule has 0 radical (unpaired) electrons. The summed E-state index contributed by atoms with van der Waals surface area (Å²) in [5, 5.41) is 6.31. The van der Waals surface area contributed by atoms with Gasteiger partial charge in [0.25, 0.3) is 0 Å². The Labute approximate surface area is 225 Å². The Kier molecular flexibility index (Phi) is 6.82. The fraction of sp³-hybridized carbons (Fsp3) is 0.600. The lowest BCUT2D eigenvalue weighted by Crippen LogP contribution is -2.50. The largest absolute Gasteiger partial charge is 0.379 e.